The maximum Gasteiger partial charge on any atom is 0.191 e. The van der Waals surface area contributed by atoms with E-state index in [1.807, 2.05) is 16.4 Å². The highest BCUT2D eigenvalue weighted by molar-refractivity contribution is 14.0. The zero-order valence-corrected chi connectivity index (χ0v) is 21.2. The van der Waals surface area contributed by atoms with Gasteiger partial charge in [-0.3, -0.25) is 4.99 Å². The largest absolute Gasteiger partial charge is 0.377 e. The molecule has 0 spiro atoms. The first-order valence-corrected chi connectivity index (χ1v) is 11.4. The second-order valence-electron chi connectivity index (χ2n) is 7.24. The molecule has 0 radical (unpaired) electrons. The number of halogens is 1. The van der Waals surface area contributed by atoms with Crippen LogP contribution in [0, 0.1) is 6.92 Å². The van der Waals surface area contributed by atoms with E-state index in [1.165, 1.54) is 11.1 Å². The Labute approximate surface area is 200 Å². The standard InChI is InChI=1S/C21H32N6OS.HI/c1-4-22-21(23-11-12-29-15-17-7-5-16(2)6-8-17)24-18-9-10-20-25-19(14-28-3)26-27(20)13-18;/h5-8,18H,4,9-15H2,1-3H3,(H2,22,23,24);1H. The molecule has 0 bridgehead atoms. The van der Waals surface area contributed by atoms with Crippen molar-refractivity contribution in [1.29, 1.82) is 0 Å². The van der Waals surface area contributed by atoms with Crippen LogP contribution in [0.5, 0.6) is 0 Å². The Hall–Kier alpha value is -1.33. The molecule has 30 heavy (non-hydrogen) atoms. The normalized spacial score (nSPS) is 16.0. The molecule has 0 fully saturated rings. The van der Waals surface area contributed by atoms with Crippen molar-refractivity contribution in [2.75, 3.05) is 26.0 Å². The Bertz CT molecular complexity index is 795. The van der Waals surface area contributed by atoms with Gasteiger partial charge in [0.05, 0.1) is 13.1 Å². The van der Waals surface area contributed by atoms with Crippen LogP contribution in [0.3, 0.4) is 0 Å². The molecule has 1 aliphatic rings. The number of rotatable bonds is 9. The lowest BCUT2D eigenvalue weighted by Crippen LogP contribution is -2.47. The summed E-state index contributed by atoms with van der Waals surface area (Å²) < 4.78 is 7.14. The molecule has 2 heterocycles. The van der Waals surface area contributed by atoms with Crippen LogP contribution in [0.25, 0.3) is 0 Å². The van der Waals surface area contributed by atoms with Gasteiger partial charge < -0.3 is 15.4 Å². The number of nitrogens with zero attached hydrogens (tertiary/aromatic N) is 4. The number of hydrogen-bond donors (Lipinski definition) is 2. The number of thioether (sulfide) groups is 1. The van der Waals surface area contributed by atoms with E-state index < -0.39 is 0 Å². The summed E-state index contributed by atoms with van der Waals surface area (Å²) in [4.78, 5) is 9.29. The molecule has 0 amide bonds. The molecular weight excluding hydrogens is 511 g/mol. The monoisotopic (exact) mass is 544 g/mol. The smallest absolute Gasteiger partial charge is 0.191 e. The van der Waals surface area contributed by atoms with E-state index >= 15 is 0 Å². The van der Waals surface area contributed by atoms with Crippen molar-refractivity contribution in [2.24, 2.45) is 4.99 Å². The highest BCUT2D eigenvalue weighted by Gasteiger charge is 2.22. The summed E-state index contributed by atoms with van der Waals surface area (Å²) >= 11 is 1.92. The molecule has 1 aromatic heterocycles. The molecule has 1 aliphatic heterocycles. The molecule has 9 heteroatoms. The van der Waals surface area contributed by atoms with Crippen molar-refractivity contribution in [3.05, 3.63) is 47.0 Å². The Kier molecular flexibility index (Phi) is 10.9. The van der Waals surface area contributed by atoms with Crippen LogP contribution in [0.1, 0.15) is 36.1 Å². The van der Waals surface area contributed by atoms with Crippen LogP contribution in [0.15, 0.2) is 29.3 Å². The lowest BCUT2D eigenvalue weighted by atomic mass is 10.1. The summed E-state index contributed by atoms with van der Waals surface area (Å²) in [5, 5.41) is 11.5. The number of ether oxygens (including phenoxy) is 1. The Morgan fingerprint density at radius 1 is 1.33 bits per heavy atom. The molecule has 1 aromatic carbocycles. The fourth-order valence-corrected chi connectivity index (χ4v) is 4.07. The lowest BCUT2D eigenvalue weighted by Gasteiger charge is -2.25. The van der Waals surface area contributed by atoms with Gasteiger partial charge in [0.25, 0.3) is 0 Å². The second kappa shape index (κ2) is 13.2. The van der Waals surface area contributed by atoms with Crippen LogP contribution in [-0.2, 0) is 30.1 Å². The summed E-state index contributed by atoms with van der Waals surface area (Å²) in [6, 6.07) is 9.06. The summed E-state index contributed by atoms with van der Waals surface area (Å²) in [5.74, 6) is 4.72. The zero-order chi connectivity index (χ0) is 20.5. The van der Waals surface area contributed by atoms with Crippen molar-refractivity contribution < 1.29 is 4.74 Å². The zero-order valence-electron chi connectivity index (χ0n) is 18.1. The van der Waals surface area contributed by atoms with Crippen molar-refractivity contribution in [2.45, 2.75) is 51.6 Å². The number of benzene rings is 1. The molecule has 2 N–H and O–H groups in total. The molecular formula is C21H33IN6OS. The van der Waals surface area contributed by atoms with Crippen LogP contribution >= 0.6 is 35.7 Å². The molecule has 0 saturated carbocycles. The fraction of sp³-hybridized carbons (Fsp3) is 0.571. The Balaban J connectivity index is 0.00000320. The van der Waals surface area contributed by atoms with Crippen molar-refractivity contribution >= 4 is 41.7 Å². The molecule has 0 aliphatic carbocycles. The summed E-state index contributed by atoms with van der Waals surface area (Å²) in [6.45, 7) is 7.13. The fourth-order valence-electron chi connectivity index (χ4n) is 3.28. The summed E-state index contributed by atoms with van der Waals surface area (Å²) in [6.07, 6.45) is 1.94. The number of fused-ring (bicyclic) bond motifs is 1. The molecule has 1 unspecified atom stereocenters. The van der Waals surface area contributed by atoms with Crippen molar-refractivity contribution in [1.82, 2.24) is 25.4 Å². The number of hydrogen-bond acceptors (Lipinski definition) is 5. The van der Waals surface area contributed by atoms with Crippen molar-refractivity contribution in [3.63, 3.8) is 0 Å². The van der Waals surface area contributed by atoms with Gasteiger partial charge in [0, 0.05) is 37.6 Å². The molecule has 3 rings (SSSR count). The predicted octanol–water partition coefficient (Wildman–Crippen LogP) is 3.15. The van der Waals surface area contributed by atoms with E-state index in [0.717, 1.165) is 61.6 Å². The Morgan fingerprint density at radius 3 is 2.87 bits per heavy atom. The summed E-state index contributed by atoms with van der Waals surface area (Å²) in [5.41, 5.74) is 2.67. The van der Waals surface area contributed by atoms with Gasteiger partial charge in [-0.2, -0.15) is 16.9 Å². The van der Waals surface area contributed by atoms with Crippen LogP contribution in [-0.4, -0.2) is 52.7 Å². The third kappa shape index (κ3) is 7.73. The maximum atomic E-state index is 5.14. The van der Waals surface area contributed by atoms with Gasteiger partial charge in [0.15, 0.2) is 11.8 Å². The first-order chi connectivity index (χ1) is 14.2. The van der Waals surface area contributed by atoms with E-state index in [0.29, 0.717) is 12.6 Å². The molecule has 1 atom stereocenters. The number of nitrogens with one attached hydrogen (secondary N) is 2. The molecule has 166 valence electrons. The van der Waals surface area contributed by atoms with E-state index in [4.69, 9.17) is 9.73 Å². The number of methoxy groups -OCH3 is 1. The van der Waals surface area contributed by atoms with E-state index in [1.54, 1.807) is 7.11 Å². The van der Waals surface area contributed by atoms with Gasteiger partial charge >= 0.3 is 0 Å². The van der Waals surface area contributed by atoms with E-state index in [9.17, 15) is 0 Å². The van der Waals surface area contributed by atoms with Crippen LogP contribution < -0.4 is 10.6 Å². The second-order valence-corrected chi connectivity index (χ2v) is 8.34. The predicted molar refractivity (Wildman–Crippen MR) is 135 cm³/mol. The SMILES string of the molecule is CCNC(=NCCSCc1ccc(C)cc1)NC1CCc2nc(COC)nn2C1.I. The first kappa shape index (κ1) is 24.9. The first-order valence-electron chi connectivity index (χ1n) is 10.3. The van der Waals surface area contributed by atoms with Gasteiger partial charge in [-0.25, -0.2) is 9.67 Å². The highest BCUT2D eigenvalue weighted by atomic mass is 127. The number of aromatic nitrogens is 3. The number of aliphatic imine (C=N–C) groups is 1. The van der Waals surface area contributed by atoms with Gasteiger partial charge in [-0.1, -0.05) is 29.8 Å². The highest BCUT2D eigenvalue weighted by Crippen LogP contribution is 2.14. The molecule has 7 nitrogen and oxygen atoms in total. The topological polar surface area (TPSA) is 76.4 Å². The van der Waals surface area contributed by atoms with Crippen LogP contribution in [0.2, 0.25) is 0 Å². The lowest BCUT2D eigenvalue weighted by molar-refractivity contribution is 0.177. The van der Waals surface area contributed by atoms with Gasteiger partial charge in [0.2, 0.25) is 0 Å². The van der Waals surface area contributed by atoms with Crippen LogP contribution in [0.4, 0.5) is 0 Å². The van der Waals surface area contributed by atoms with Gasteiger partial charge in [0.1, 0.15) is 12.4 Å². The van der Waals surface area contributed by atoms with Gasteiger partial charge in [-0.15, -0.1) is 24.0 Å². The average Bonchev–Trinajstić information content (AvgIpc) is 3.11. The number of guanidine groups is 1. The van der Waals surface area contributed by atoms with Gasteiger partial charge in [-0.05, 0) is 25.8 Å². The summed E-state index contributed by atoms with van der Waals surface area (Å²) in [7, 11) is 1.67. The third-order valence-electron chi connectivity index (χ3n) is 4.76. The average molecular weight is 545 g/mol. The quantitative estimate of drug-likeness (QED) is 0.219. The van der Waals surface area contributed by atoms with Crippen molar-refractivity contribution in [3.8, 4) is 0 Å². The maximum absolute atomic E-state index is 5.14. The molecule has 0 saturated heterocycles. The van der Waals surface area contributed by atoms with E-state index in [-0.39, 0.29) is 24.0 Å². The third-order valence-corrected chi connectivity index (χ3v) is 5.76. The van der Waals surface area contributed by atoms with E-state index in [2.05, 4.69) is 58.8 Å². The minimum Gasteiger partial charge on any atom is -0.377 e. The minimum absolute atomic E-state index is 0. The Morgan fingerprint density at radius 2 is 2.13 bits per heavy atom. The molecule has 2 aromatic rings. The minimum atomic E-state index is 0. The number of aryl methyl sites for hydroxylation is 2.